The Kier molecular flexibility index (Phi) is 3.14. The van der Waals surface area contributed by atoms with E-state index in [1.54, 1.807) is 24.4 Å². The summed E-state index contributed by atoms with van der Waals surface area (Å²) in [6.45, 7) is 0.701. The van der Waals surface area contributed by atoms with E-state index in [2.05, 4.69) is 9.97 Å². The Morgan fingerprint density at radius 1 is 1.35 bits per heavy atom. The second-order valence-corrected chi connectivity index (χ2v) is 5.02. The van der Waals surface area contributed by atoms with Crippen LogP contribution < -0.4 is 10.6 Å². The monoisotopic (exact) mass is 272 g/mol. The lowest BCUT2D eigenvalue weighted by atomic mass is 10.0. The van der Waals surface area contributed by atoms with Crippen LogP contribution in [0.5, 0.6) is 0 Å². The van der Waals surface area contributed by atoms with Gasteiger partial charge >= 0.3 is 5.97 Å². The predicted octanol–water partition coefficient (Wildman–Crippen LogP) is 1.66. The molecule has 0 spiro atoms. The summed E-state index contributed by atoms with van der Waals surface area (Å²) in [5.41, 5.74) is 7.80. The molecule has 2 heterocycles. The minimum Gasteiger partial charge on any atom is -0.480 e. The van der Waals surface area contributed by atoms with Gasteiger partial charge in [0, 0.05) is 12.2 Å². The molecule has 104 valence electrons. The highest BCUT2D eigenvalue weighted by molar-refractivity contribution is 5.81. The van der Waals surface area contributed by atoms with Crippen LogP contribution in [-0.4, -0.2) is 33.6 Å². The molecule has 1 saturated heterocycles. The third-order valence-electron chi connectivity index (χ3n) is 3.64. The molecule has 0 amide bonds. The number of anilines is 2. The van der Waals surface area contributed by atoms with Gasteiger partial charge in [0.1, 0.15) is 11.9 Å². The van der Waals surface area contributed by atoms with E-state index in [1.807, 2.05) is 4.90 Å². The summed E-state index contributed by atoms with van der Waals surface area (Å²) in [5, 5.41) is 9.31. The summed E-state index contributed by atoms with van der Waals surface area (Å²) in [6.07, 6.45) is 4.19. The van der Waals surface area contributed by atoms with E-state index in [0.29, 0.717) is 24.5 Å². The third-order valence-corrected chi connectivity index (χ3v) is 3.64. The number of rotatable bonds is 2. The first-order valence-corrected chi connectivity index (χ1v) is 6.67. The van der Waals surface area contributed by atoms with Crippen molar-refractivity contribution in [2.24, 2.45) is 0 Å². The Bertz CT molecular complexity index is 659. The maximum Gasteiger partial charge on any atom is 0.326 e. The first kappa shape index (κ1) is 12.7. The van der Waals surface area contributed by atoms with Crippen LogP contribution >= 0.6 is 0 Å². The van der Waals surface area contributed by atoms with Crippen LogP contribution in [0.2, 0.25) is 0 Å². The highest BCUT2D eigenvalue weighted by atomic mass is 16.4. The van der Waals surface area contributed by atoms with Crippen molar-refractivity contribution < 1.29 is 9.90 Å². The van der Waals surface area contributed by atoms with Crippen molar-refractivity contribution in [1.29, 1.82) is 0 Å². The van der Waals surface area contributed by atoms with Crippen LogP contribution in [0.15, 0.2) is 24.4 Å². The minimum atomic E-state index is -0.802. The molecule has 0 unspecified atom stereocenters. The molecule has 1 aromatic heterocycles. The molecule has 1 aliphatic rings. The summed E-state index contributed by atoms with van der Waals surface area (Å²) >= 11 is 0. The lowest BCUT2D eigenvalue weighted by molar-refractivity contribution is -0.139. The first-order valence-electron chi connectivity index (χ1n) is 6.67. The zero-order valence-electron chi connectivity index (χ0n) is 11.0. The average Bonchev–Trinajstić information content (AvgIpc) is 2.46. The molecular formula is C14H16N4O2. The molecule has 1 fully saturated rings. The standard InChI is InChI=1S/C14H16N4O2/c15-9-4-5-10-11(7-9)16-8-13(17-10)18-6-2-1-3-12(18)14(19)20/h4-5,7-8,12H,1-3,6,15H2,(H,19,20)/t12-/m0/s1. The highest BCUT2D eigenvalue weighted by Crippen LogP contribution is 2.24. The van der Waals surface area contributed by atoms with Crippen LogP contribution in [0, 0.1) is 0 Å². The molecule has 20 heavy (non-hydrogen) atoms. The Balaban J connectivity index is 2.00. The number of nitrogen functional groups attached to an aromatic ring is 1. The van der Waals surface area contributed by atoms with Crippen LogP contribution in [0.25, 0.3) is 11.0 Å². The fraction of sp³-hybridized carbons (Fsp3) is 0.357. The third kappa shape index (κ3) is 2.24. The minimum absolute atomic E-state index is 0.510. The van der Waals surface area contributed by atoms with Crippen LogP contribution in [0.4, 0.5) is 11.5 Å². The normalized spacial score (nSPS) is 19.2. The molecule has 3 N–H and O–H groups in total. The smallest absolute Gasteiger partial charge is 0.326 e. The Labute approximate surface area is 116 Å². The van der Waals surface area contributed by atoms with E-state index < -0.39 is 12.0 Å². The lowest BCUT2D eigenvalue weighted by Gasteiger charge is -2.33. The zero-order chi connectivity index (χ0) is 14.1. The van der Waals surface area contributed by atoms with Gasteiger partial charge in [0.2, 0.25) is 0 Å². The summed E-state index contributed by atoms with van der Waals surface area (Å²) in [6, 6.07) is 4.83. The van der Waals surface area contributed by atoms with Gasteiger partial charge in [-0.2, -0.15) is 0 Å². The van der Waals surface area contributed by atoms with Crippen molar-refractivity contribution in [3.05, 3.63) is 24.4 Å². The van der Waals surface area contributed by atoms with E-state index in [1.165, 1.54) is 0 Å². The van der Waals surface area contributed by atoms with Crippen molar-refractivity contribution in [2.75, 3.05) is 17.2 Å². The van der Waals surface area contributed by atoms with Gasteiger partial charge in [0.05, 0.1) is 17.2 Å². The number of nitrogens with two attached hydrogens (primary N) is 1. The lowest BCUT2D eigenvalue weighted by Crippen LogP contribution is -2.45. The number of carboxylic acids is 1. The maximum atomic E-state index is 11.3. The molecule has 6 heteroatoms. The Morgan fingerprint density at radius 3 is 3.00 bits per heavy atom. The van der Waals surface area contributed by atoms with Gasteiger partial charge in [-0.25, -0.2) is 9.78 Å². The summed E-state index contributed by atoms with van der Waals surface area (Å²) in [5.74, 6) is -0.182. The number of carboxylic acid groups (broad SMARTS) is 1. The molecule has 1 atom stereocenters. The van der Waals surface area contributed by atoms with E-state index in [0.717, 1.165) is 23.9 Å². The second-order valence-electron chi connectivity index (χ2n) is 5.02. The molecule has 0 bridgehead atoms. The molecule has 0 aliphatic carbocycles. The van der Waals surface area contributed by atoms with Crippen LogP contribution in [0.1, 0.15) is 19.3 Å². The summed E-state index contributed by atoms with van der Waals surface area (Å²) < 4.78 is 0. The Morgan fingerprint density at radius 2 is 2.20 bits per heavy atom. The van der Waals surface area contributed by atoms with Crippen LogP contribution in [0.3, 0.4) is 0 Å². The number of benzene rings is 1. The quantitative estimate of drug-likeness (QED) is 0.808. The van der Waals surface area contributed by atoms with Crippen molar-refractivity contribution in [3.8, 4) is 0 Å². The highest BCUT2D eigenvalue weighted by Gasteiger charge is 2.29. The van der Waals surface area contributed by atoms with Crippen molar-refractivity contribution in [3.63, 3.8) is 0 Å². The van der Waals surface area contributed by atoms with E-state index in [9.17, 15) is 9.90 Å². The first-order chi connectivity index (χ1) is 9.65. The maximum absolute atomic E-state index is 11.3. The van der Waals surface area contributed by atoms with Crippen molar-refractivity contribution >= 4 is 28.5 Å². The SMILES string of the molecule is Nc1ccc2nc(N3CCCC[C@H]3C(=O)O)cnc2c1. The molecule has 1 aromatic carbocycles. The number of hydrogen-bond acceptors (Lipinski definition) is 5. The fourth-order valence-corrected chi connectivity index (χ4v) is 2.62. The molecule has 0 saturated carbocycles. The number of hydrogen-bond donors (Lipinski definition) is 2. The van der Waals surface area contributed by atoms with Gasteiger partial charge in [-0.05, 0) is 37.5 Å². The zero-order valence-corrected chi connectivity index (χ0v) is 11.0. The average molecular weight is 272 g/mol. The molecule has 6 nitrogen and oxygen atoms in total. The number of aliphatic carboxylic acids is 1. The number of carbonyl (C=O) groups is 1. The van der Waals surface area contributed by atoms with Gasteiger partial charge in [0.15, 0.2) is 0 Å². The molecule has 3 rings (SSSR count). The van der Waals surface area contributed by atoms with E-state index in [-0.39, 0.29) is 0 Å². The summed E-state index contributed by atoms with van der Waals surface area (Å²) in [7, 11) is 0. The number of fused-ring (bicyclic) bond motifs is 1. The fourth-order valence-electron chi connectivity index (χ4n) is 2.62. The van der Waals surface area contributed by atoms with Crippen LogP contribution in [-0.2, 0) is 4.79 Å². The van der Waals surface area contributed by atoms with Gasteiger partial charge < -0.3 is 15.7 Å². The van der Waals surface area contributed by atoms with Gasteiger partial charge in [-0.15, -0.1) is 0 Å². The van der Waals surface area contributed by atoms with Gasteiger partial charge in [0.25, 0.3) is 0 Å². The number of nitrogens with zero attached hydrogens (tertiary/aromatic N) is 3. The molecular weight excluding hydrogens is 256 g/mol. The van der Waals surface area contributed by atoms with Crippen molar-refractivity contribution in [1.82, 2.24) is 9.97 Å². The predicted molar refractivity (Wildman–Crippen MR) is 76.6 cm³/mol. The van der Waals surface area contributed by atoms with Gasteiger partial charge in [-0.1, -0.05) is 0 Å². The van der Waals surface area contributed by atoms with Crippen molar-refractivity contribution in [2.45, 2.75) is 25.3 Å². The molecule has 0 radical (unpaired) electrons. The Hall–Kier alpha value is -2.37. The topological polar surface area (TPSA) is 92.3 Å². The number of aromatic nitrogens is 2. The second kappa shape index (κ2) is 4.96. The van der Waals surface area contributed by atoms with E-state index in [4.69, 9.17) is 5.73 Å². The molecule has 2 aromatic rings. The van der Waals surface area contributed by atoms with E-state index >= 15 is 0 Å². The molecule has 1 aliphatic heterocycles. The number of piperidine rings is 1. The van der Waals surface area contributed by atoms with Gasteiger partial charge in [-0.3, -0.25) is 4.98 Å². The largest absolute Gasteiger partial charge is 0.480 e. The summed E-state index contributed by atoms with van der Waals surface area (Å²) in [4.78, 5) is 22.0.